The number of aromatic nitrogens is 2. The van der Waals surface area contributed by atoms with Crippen LogP contribution in [0.1, 0.15) is 295 Å². The van der Waals surface area contributed by atoms with Crippen LogP contribution in [0, 0.1) is 85.8 Å². The first kappa shape index (κ1) is 122. The molecule has 0 saturated carbocycles. The van der Waals surface area contributed by atoms with Gasteiger partial charge in [0.2, 0.25) is 70.4 Å². The molecule has 786 valence electrons. The fraction of sp³-hybridized carbons (Fsp3) is 0.736. The third kappa shape index (κ3) is 34.2. The van der Waals surface area contributed by atoms with Crippen molar-refractivity contribution in [2.75, 3.05) is 87.0 Å². The van der Waals surface area contributed by atoms with Gasteiger partial charge in [-0.05, 0) is 202 Å². The summed E-state index contributed by atoms with van der Waals surface area (Å²) in [5.74, 6) is -7.41. The van der Waals surface area contributed by atoms with Crippen LogP contribution in [0.4, 0.5) is 10.2 Å². The van der Waals surface area contributed by atoms with Gasteiger partial charge in [0.15, 0.2) is 11.6 Å². The number of aliphatic hydroxyl groups is 1. The molecule has 6 rings (SSSR count). The molecule has 0 unspecified atom stereocenters. The number of allylic oxidation sites excluding steroid dienone is 2. The molecule has 2 fully saturated rings. The molecule has 0 bridgehead atoms. The first-order valence-electron chi connectivity index (χ1n) is 51.1. The van der Waals surface area contributed by atoms with Gasteiger partial charge in [0.25, 0.3) is 0 Å². The average Bonchev–Trinajstić information content (AvgIpc) is 0.697. The van der Waals surface area contributed by atoms with Crippen LogP contribution in [0.15, 0.2) is 29.2 Å². The van der Waals surface area contributed by atoms with E-state index in [0.29, 0.717) is 37.5 Å². The van der Waals surface area contributed by atoms with Gasteiger partial charge < -0.3 is 90.4 Å². The van der Waals surface area contributed by atoms with Crippen molar-refractivity contribution in [3.05, 3.63) is 68.3 Å². The van der Waals surface area contributed by atoms with Gasteiger partial charge in [0, 0.05) is 93.8 Å². The minimum atomic E-state index is -1.61. The number of aromatic hydroxyl groups is 1. The Morgan fingerprint density at radius 2 is 1.06 bits per heavy atom. The number of fused-ring (bicyclic) bond motifs is 2. The van der Waals surface area contributed by atoms with Gasteiger partial charge >= 0.3 is 5.97 Å². The number of aliphatic hydroxyl groups excluding tert-OH is 1. The summed E-state index contributed by atoms with van der Waals surface area (Å²) in [6.45, 7) is 52.2. The first-order chi connectivity index (χ1) is 64.8. The number of phenols is 1. The lowest BCUT2D eigenvalue weighted by Gasteiger charge is -2.41. The van der Waals surface area contributed by atoms with E-state index < -0.39 is 173 Å². The third-order valence-electron chi connectivity index (χ3n) is 27.9. The van der Waals surface area contributed by atoms with Crippen molar-refractivity contribution in [1.29, 1.82) is 0 Å². The van der Waals surface area contributed by atoms with Gasteiger partial charge in [-0.1, -0.05) is 182 Å². The predicted octanol–water partition coefficient (Wildman–Crippen LogP) is 12.8. The van der Waals surface area contributed by atoms with E-state index in [0.717, 1.165) is 88.4 Å². The lowest BCUT2D eigenvalue weighted by atomic mass is 9.84. The fourth-order valence-electron chi connectivity index (χ4n) is 18.7. The number of aromatic carboxylic acids is 1. The number of nitrogens with zero attached hydrogens (tertiary/aromatic N) is 10. The Labute approximate surface area is 829 Å². The number of amides is 11. The van der Waals surface area contributed by atoms with E-state index in [9.17, 15) is 67.3 Å². The Morgan fingerprint density at radius 1 is 0.568 bits per heavy atom. The van der Waals surface area contributed by atoms with Crippen LogP contribution in [0.25, 0.3) is 11.0 Å². The maximum absolute atomic E-state index is 15.1. The molecule has 32 nitrogen and oxygen atoms in total. The summed E-state index contributed by atoms with van der Waals surface area (Å²) in [6.07, 6.45) is 18.4. The smallest absolute Gasteiger partial charge is 0.341 e. The maximum Gasteiger partial charge on any atom is 0.341 e. The average molecular weight is 1950 g/mol. The number of benzene rings is 1. The summed E-state index contributed by atoms with van der Waals surface area (Å²) < 4.78 is 22.6. The molecule has 2 saturated heterocycles. The summed E-state index contributed by atoms with van der Waals surface area (Å²) in [5, 5.41) is 45.8. The molecule has 0 spiro atoms. The molecule has 3 aliphatic heterocycles. The Bertz CT molecular complexity index is 4700. The molecule has 0 aliphatic carbocycles. The van der Waals surface area contributed by atoms with Gasteiger partial charge in [-0.3, -0.25) is 57.5 Å². The Balaban J connectivity index is 0.000000592. The largest absolute Gasteiger partial charge is 0.507 e. The van der Waals surface area contributed by atoms with E-state index in [1.807, 2.05) is 87.1 Å². The number of nitrogens with one attached hydrogen (secondary N) is 5. The number of rotatable bonds is 30. The number of hydrogen-bond donors (Lipinski definition) is 8. The number of hydrogen-bond acceptors (Lipinski definition) is 19. The van der Waals surface area contributed by atoms with Crippen molar-refractivity contribution < 1.29 is 82.0 Å². The highest BCUT2D eigenvalue weighted by Crippen LogP contribution is 2.45. The van der Waals surface area contributed by atoms with E-state index in [1.165, 1.54) is 151 Å². The molecular formula is C106H178FN15O17. The number of carbonyl (C=O) groups is 12. The lowest BCUT2D eigenvalue weighted by molar-refractivity contribution is -0.157. The SMILES string of the molecule is C/C=C/C[C@@H](C)[C@@H](O)[C@H]1C(=O)N[C@@H](CC)C(=O)N(C)CC(=O)N(C)[C@@H](CC(C)C)C(=O)N[C@@H](C(C)C)C(=O)N(C)[C@@H](CC(C)C)C(=O)N[C@@H](C)C(=O)N[C@H](C)C(=O)N(C)[C@@H](CC(C)C)C(=O)N(C)[C@@H](CC(C)C)C(=O)N(C)[C@@H](C(C)C)C(=O)N1C.CCn1cc(C(=O)O)c(=O)c2cc(F)c(N3CCNCC3)nc21.Cc1c(C)c2c(c(C)c1O)CC[C@@](C)(CCC[C@H](C)CCC[C@H](C)CCCC(C)C)O2. The predicted molar refractivity (Wildman–Crippen MR) is 547 cm³/mol. The van der Waals surface area contributed by atoms with E-state index in [2.05, 4.69) is 73.1 Å². The van der Waals surface area contributed by atoms with Gasteiger partial charge in [-0.2, -0.15) is 0 Å². The second-order valence-electron chi connectivity index (χ2n) is 42.9. The second kappa shape index (κ2) is 56.2. The van der Waals surface area contributed by atoms with Gasteiger partial charge in [0.05, 0.1) is 18.0 Å². The van der Waals surface area contributed by atoms with Crippen LogP contribution < -0.4 is 41.6 Å². The Kier molecular flexibility index (Phi) is 49.1. The number of likely N-dealkylation sites (N-methyl/N-ethyl adjacent to an activating group) is 7. The van der Waals surface area contributed by atoms with Crippen LogP contribution in [-0.4, -0.2) is 284 Å². The van der Waals surface area contributed by atoms with E-state index in [1.54, 1.807) is 59.1 Å². The minimum absolute atomic E-state index is 0.0110. The molecule has 3 aliphatic rings. The third-order valence-corrected chi connectivity index (χ3v) is 27.9. The molecule has 11 amide bonds. The highest BCUT2D eigenvalue weighted by molar-refractivity contribution is 6.00. The van der Waals surface area contributed by atoms with E-state index >= 15 is 9.59 Å². The molecule has 0 radical (unpaired) electrons. The van der Waals surface area contributed by atoms with Crippen molar-refractivity contribution in [2.45, 2.75) is 368 Å². The molecule has 8 N–H and O–H groups in total. The van der Waals surface area contributed by atoms with E-state index in [4.69, 9.17) is 9.84 Å². The summed E-state index contributed by atoms with van der Waals surface area (Å²) in [5.41, 5.74) is 3.44. The van der Waals surface area contributed by atoms with Crippen LogP contribution in [0.2, 0.25) is 0 Å². The summed E-state index contributed by atoms with van der Waals surface area (Å²) in [7, 11) is 9.92. The van der Waals surface area contributed by atoms with Crippen LogP contribution >= 0.6 is 0 Å². The summed E-state index contributed by atoms with van der Waals surface area (Å²) >= 11 is 0. The normalized spacial score (nSPS) is 23.5. The molecule has 15 atom stereocenters. The van der Waals surface area contributed by atoms with Gasteiger partial charge in [0.1, 0.15) is 88.7 Å². The van der Waals surface area contributed by atoms with Crippen LogP contribution in [0.3, 0.4) is 0 Å². The maximum atomic E-state index is 15.1. The van der Waals surface area contributed by atoms with Crippen molar-refractivity contribution >= 4 is 87.8 Å². The molecule has 5 heterocycles. The zero-order chi connectivity index (χ0) is 106. The highest BCUT2D eigenvalue weighted by Gasteiger charge is 2.47. The minimum Gasteiger partial charge on any atom is -0.507 e. The number of carbonyl (C=O) groups excluding carboxylic acids is 11. The standard InChI is InChI=1S/C62H111N11O12.C29H50O2.C15H17FN4O3/c1-25-27-28-40(15)52(75)51-56(79)65-43(26-2)58(81)67(18)33-48(74)68(19)44(29-34(3)4)55(78)66-49(38(11)12)61(84)69(20)45(30-35(5)6)54(77)63-41(16)53(76)64-42(17)57(80)70(21)46(31-36(7)8)59(82)71(22)47(32-37(9)10)60(83)72(23)50(39(13)14)62(85)73(51)24;1-20(2)12-9-13-21(3)14-10-15-22(4)16-11-18-29(8)19-17-26-25(7)27(30)23(5)24(6)28(26)31-29;1-2-19-8-10(15(22)23)12(21)9-7-11(16)14(18-13(9)19)20-5-3-17-4-6-20/h25,27,34-47,49-52,75H,26,28-33H2,1-24H3,(H,63,77)(H,64,76)(H,65,79)(H,66,78);20-22,30H,9-19H2,1-8H3;7-8,17H,2-6H2,1H3,(H,22,23)/b27-25+;;/t40-,41+,42-,43+,44+,45+,46+,47+,49+,50+,51+,52-;21-,22-,29-;/m11./s1. The number of anilines is 1. The van der Waals surface area contributed by atoms with Crippen LogP contribution in [-0.2, 0) is 65.7 Å². The molecule has 2 aromatic heterocycles. The number of ether oxygens (including phenoxy) is 1. The van der Waals surface area contributed by atoms with Crippen molar-refractivity contribution in [2.24, 2.45) is 59.2 Å². The fourth-order valence-corrected chi connectivity index (χ4v) is 18.7. The highest BCUT2D eigenvalue weighted by atomic mass is 19.1. The first-order valence-corrected chi connectivity index (χ1v) is 51.1. The van der Waals surface area contributed by atoms with Crippen molar-refractivity contribution in [1.82, 2.24) is 70.4 Å². The molecule has 139 heavy (non-hydrogen) atoms. The Hall–Kier alpha value is -9.79. The number of aryl methyl sites for hydroxylation is 1. The number of halogens is 1. The van der Waals surface area contributed by atoms with Gasteiger partial charge in [-0.25, -0.2) is 14.2 Å². The number of phenolic OH excluding ortho intramolecular Hbond substituents is 1. The Morgan fingerprint density at radius 3 is 1.56 bits per heavy atom. The molecule has 3 aromatic rings. The number of piperazine rings is 1. The summed E-state index contributed by atoms with van der Waals surface area (Å²) in [4.78, 5) is 198. The summed E-state index contributed by atoms with van der Waals surface area (Å²) in [6, 6.07) is -11.2. The number of carboxylic acid groups (broad SMARTS) is 1. The zero-order valence-electron chi connectivity index (χ0n) is 90.6. The molecular weight excluding hydrogens is 1770 g/mol. The van der Waals surface area contributed by atoms with Crippen LogP contribution in [0.5, 0.6) is 11.5 Å². The number of carboxylic acids is 1. The topological polar surface area (TPSA) is 396 Å². The lowest BCUT2D eigenvalue weighted by Crippen LogP contribution is -2.63. The number of pyridine rings is 2. The van der Waals surface area contributed by atoms with E-state index in [-0.39, 0.29) is 78.1 Å². The monoisotopic (exact) mass is 1950 g/mol. The zero-order valence-corrected chi connectivity index (χ0v) is 90.6. The van der Waals surface area contributed by atoms with Gasteiger partial charge in [-0.15, -0.1) is 0 Å². The molecule has 1 aromatic carbocycles. The van der Waals surface area contributed by atoms with Crippen molar-refractivity contribution in [3.8, 4) is 11.5 Å². The molecule has 33 heteroatoms. The second-order valence-corrected chi connectivity index (χ2v) is 42.9. The van der Waals surface area contributed by atoms with Crippen molar-refractivity contribution in [3.63, 3.8) is 0 Å². The quantitative estimate of drug-likeness (QED) is 0.0287.